The molecule has 0 radical (unpaired) electrons. The summed E-state index contributed by atoms with van der Waals surface area (Å²) < 4.78 is 9.34. The van der Waals surface area contributed by atoms with Crippen LogP contribution in [0, 0.1) is 13.8 Å². The van der Waals surface area contributed by atoms with E-state index in [4.69, 9.17) is 4.74 Å². The van der Waals surface area contributed by atoms with Crippen LogP contribution in [-0.2, 0) is 17.8 Å². The molecule has 2 aromatic rings. The number of rotatable bonds is 8. The summed E-state index contributed by atoms with van der Waals surface area (Å²) >= 11 is 0. The average Bonchev–Trinajstić information content (AvgIpc) is 3.45. The Morgan fingerprint density at radius 3 is 2.33 bits per heavy atom. The van der Waals surface area contributed by atoms with E-state index >= 15 is 0 Å². The van der Waals surface area contributed by atoms with Gasteiger partial charge in [0.05, 0.1) is 18.3 Å². The zero-order chi connectivity index (χ0) is 25.5. The van der Waals surface area contributed by atoms with Gasteiger partial charge in [0.1, 0.15) is 11.1 Å². The second-order valence-electron chi connectivity index (χ2n) is 10.2. The first kappa shape index (κ1) is 26.1. The lowest BCUT2D eigenvalue weighted by molar-refractivity contribution is 0.0914. The number of hydrogen-bond acceptors (Lipinski definition) is 5. The summed E-state index contributed by atoms with van der Waals surface area (Å²) in [7, 11) is 0. The quantitative estimate of drug-likeness (QED) is 0.583. The van der Waals surface area contributed by atoms with Gasteiger partial charge in [0.25, 0.3) is 11.8 Å². The van der Waals surface area contributed by atoms with E-state index in [2.05, 4.69) is 15.7 Å². The molecule has 2 aliphatic rings. The van der Waals surface area contributed by atoms with Crippen LogP contribution < -0.4 is 16.1 Å². The third-order valence-electron chi connectivity index (χ3n) is 7.16. The lowest BCUT2D eigenvalue weighted by atomic mass is 9.96. The molecule has 2 fully saturated rings. The third-order valence-corrected chi connectivity index (χ3v) is 7.16. The molecule has 1 atom stereocenters. The largest absolute Gasteiger partial charge is 0.376 e. The smallest absolute Gasteiger partial charge is 0.256 e. The summed E-state index contributed by atoms with van der Waals surface area (Å²) in [6.07, 6.45) is 12.6. The highest BCUT2D eigenvalue weighted by molar-refractivity contribution is 5.99. The predicted octanol–water partition coefficient (Wildman–Crippen LogP) is 3.11. The van der Waals surface area contributed by atoms with Crippen LogP contribution in [-0.4, -0.2) is 51.5 Å². The fourth-order valence-corrected chi connectivity index (χ4v) is 5.22. The molecule has 1 unspecified atom stereocenters. The number of nitrogens with zero attached hydrogens (tertiary/aromatic N) is 3. The van der Waals surface area contributed by atoms with E-state index in [1.54, 1.807) is 17.0 Å². The first-order chi connectivity index (χ1) is 17.4. The van der Waals surface area contributed by atoms with Gasteiger partial charge in [-0.05, 0) is 45.6 Å². The summed E-state index contributed by atoms with van der Waals surface area (Å²) in [5.74, 6) is -0.882. The molecule has 1 saturated carbocycles. The van der Waals surface area contributed by atoms with Crippen LogP contribution in [0.2, 0.25) is 0 Å². The molecule has 2 N–H and O–H groups in total. The monoisotopic (exact) mass is 497 g/mol. The van der Waals surface area contributed by atoms with E-state index in [1.165, 1.54) is 19.3 Å². The molecule has 0 spiro atoms. The van der Waals surface area contributed by atoms with Crippen LogP contribution in [0.4, 0.5) is 0 Å². The van der Waals surface area contributed by atoms with E-state index in [0.29, 0.717) is 26.2 Å². The number of aromatic nitrogens is 3. The van der Waals surface area contributed by atoms with Crippen LogP contribution >= 0.6 is 0 Å². The lowest BCUT2D eigenvalue weighted by Gasteiger charge is -2.21. The maximum Gasteiger partial charge on any atom is 0.256 e. The highest BCUT2D eigenvalue weighted by Crippen LogP contribution is 2.18. The van der Waals surface area contributed by atoms with E-state index < -0.39 is 17.2 Å². The Kier molecular flexibility index (Phi) is 8.96. The van der Waals surface area contributed by atoms with Crippen LogP contribution in [0.25, 0.3) is 0 Å². The number of carbonyl (C=O) groups excluding carboxylic acids is 2. The van der Waals surface area contributed by atoms with Gasteiger partial charge in [-0.15, -0.1) is 0 Å². The van der Waals surface area contributed by atoms with Gasteiger partial charge in [-0.2, -0.15) is 5.10 Å². The van der Waals surface area contributed by atoms with Crippen molar-refractivity contribution in [3.05, 3.63) is 51.2 Å². The molecule has 9 heteroatoms. The molecule has 1 aliphatic carbocycles. The Balaban J connectivity index is 1.51. The molecule has 2 amide bonds. The van der Waals surface area contributed by atoms with Crippen molar-refractivity contribution in [3.8, 4) is 0 Å². The Morgan fingerprint density at radius 1 is 1.00 bits per heavy atom. The molecule has 9 nitrogen and oxygen atoms in total. The first-order valence-corrected chi connectivity index (χ1v) is 13.4. The van der Waals surface area contributed by atoms with Crippen molar-refractivity contribution in [3.63, 3.8) is 0 Å². The number of hydrogen-bond donors (Lipinski definition) is 2. The molecule has 0 aromatic carbocycles. The van der Waals surface area contributed by atoms with Gasteiger partial charge in [-0.25, -0.2) is 0 Å². The number of ether oxygens (including phenoxy) is 1. The molecule has 36 heavy (non-hydrogen) atoms. The van der Waals surface area contributed by atoms with Gasteiger partial charge in [0.2, 0.25) is 5.43 Å². The number of nitrogens with one attached hydrogen (secondary N) is 2. The van der Waals surface area contributed by atoms with Gasteiger partial charge in [-0.1, -0.05) is 32.1 Å². The Hall–Kier alpha value is -2.94. The first-order valence-electron chi connectivity index (χ1n) is 13.4. The Bertz CT molecular complexity index is 1110. The molecular weight excluding hydrogens is 458 g/mol. The van der Waals surface area contributed by atoms with Crippen molar-refractivity contribution in [2.75, 3.05) is 13.2 Å². The lowest BCUT2D eigenvalue weighted by Crippen LogP contribution is -2.40. The molecule has 1 saturated heterocycles. The molecule has 4 rings (SSSR count). The number of carbonyl (C=O) groups is 2. The summed E-state index contributed by atoms with van der Waals surface area (Å²) in [6, 6.07) is 2.03. The van der Waals surface area contributed by atoms with Crippen LogP contribution in [0.5, 0.6) is 0 Å². The van der Waals surface area contributed by atoms with E-state index in [9.17, 15) is 14.4 Å². The van der Waals surface area contributed by atoms with E-state index in [-0.39, 0.29) is 23.3 Å². The average molecular weight is 498 g/mol. The van der Waals surface area contributed by atoms with Gasteiger partial charge in [0, 0.05) is 43.8 Å². The number of pyridine rings is 1. The SMILES string of the molecule is Cc1cc(C)n(CCNC(=O)c2cn(CC3CCCO3)cc(C(=O)NC3CCCCCCC3)c2=O)n1. The second-order valence-corrected chi connectivity index (χ2v) is 10.2. The summed E-state index contributed by atoms with van der Waals surface area (Å²) in [5, 5.41) is 10.3. The zero-order valence-electron chi connectivity index (χ0n) is 21.6. The van der Waals surface area contributed by atoms with Crippen molar-refractivity contribution >= 4 is 11.8 Å². The standard InChI is InChI=1S/C27H39N5O4/c1-19-15-20(2)32(30-19)13-12-28-26(34)23-17-31(16-22-11-8-14-36-22)18-24(25(23)33)27(35)29-21-9-6-4-3-5-7-10-21/h15,17-18,21-22H,3-14,16H2,1-2H3,(H,28,34)(H,29,35). The van der Waals surface area contributed by atoms with E-state index in [0.717, 1.165) is 49.9 Å². The van der Waals surface area contributed by atoms with Crippen LogP contribution in [0.15, 0.2) is 23.3 Å². The third kappa shape index (κ3) is 6.84. The maximum atomic E-state index is 13.3. The van der Waals surface area contributed by atoms with Gasteiger partial charge < -0.3 is 19.9 Å². The fourth-order valence-electron chi connectivity index (χ4n) is 5.22. The minimum atomic E-state index is -0.537. The second kappa shape index (κ2) is 12.3. The number of aryl methyl sites for hydroxylation is 2. The summed E-state index contributed by atoms with van der Waals surface area (Å²) in [6.45, 7) is 5.91. The highest BCUT2D eigenvalue weighted by atomic mass is 16.5. The molecular formula is C27H39N5O4. The summed E-state index contributed by atoms with van der Waals surface area (Å²) in [5.41, 5.74) is 1.38. The molecule has 1 aliphatic heterocycles. The zero-order valence-corrected chi connectivity index (χ0v) is 21.6. The fraction of sp³-hybridized carbons (Fsp3) is 0.630. The van der Waals surface area contributed by atoms with Crippen molar-refractivity contribution in [1.29, 1.82) is 0 Å². The van der Waals surface area contributed by atoms with E-state index in [1.807, 2.05) is 24.6 Å². The molecule has 3 heterocycles. The Labute approximate surface area is 212 Å². The van der Waals surface area contributed by atoms with Crippen molar-refractivity contribution in [2.24, 2.45) is 0 Å². The maximum absolute atomic E-state index is 13.3. The van der Waals surface area contributed by atoms with Crippen molar-refractivity contribution in [1.82, 2.24) is 25.0 Å². The Morgan fingerprint density at radius 2 is 1.69 bits per heavy atom. The normalized spacial score (nSPS) is 19.0. The summed E-state index contributed by atoms with van der Waals surface area (Å²) in [4.78, 5) is 39.6. The predicted molar refractivity (Wildman–Crippen MR) is 137 cm³/mol. The van der Waals surface area contributed by atoms with Crippen molar-refractivity contribution < 1.29 is 14.3 Å². The molecule has 196 valence electrons. The van der Waals surface area contributed by atoms with Gasteiger partial charge >= 0.3 is 0 Å². The molecule has 2 aromatic heterocycles. The van der Waals surface area contributed by atoms with Gasteiger partial charge in [0.15, 0.2) is 0 Å². The van der Waals surface area contributed by atoms with Crippen molar-refractivity contribution in [2.45, 2.75) is 96.9 Å². The highest BCUT2D eigenvalue weighted by Gasteiger charge is 2.23. The minimum absolute atomic E-state index is 0.0101. The minimum Gasteiger partial charge on any atom is -0.376 e. The molecule has 0 bridgehead atoms. The van der Waals surface area contributed by atoms with Crippen LogP contribution in [0.1, 0.15) is 89.9 Å². The van der Waals surface area contributed by atoms with Crippen LogP contribution in [0.3, 0.4) is 0 Å². The topological polar surface area (TPSA) is 107 Å². The number of amides is 2. The van der Waals surface area contributed by atoms with Gasteiger partial charge in [-0.3, -0.25) is 19.1 Å².